The molecule has 1 aromatic rings. The van der Waals surface area contributed by atoms with E-state index in [4.69, 9.17) is 14.2 Å². The minimum Gasteiger partial charge on any atom is -0.455 e. The number of benzene rings is 1. The standard InChI is InChI=1S/C20H24O6/c21-11-16(22)17-18(24-12-14-7-3-1-4-8-14)19(20(23)26-17)25-13-15-9-5-2-6-10-15/h1,3-5,7-10,16-19,21-22H,2,6,11-13H2. The highest BCUT2D eigenvalue weighted by molar-refractivity contribution is 5.78. The van der Waals surface area contributed by atoms with Gasteiger partial charge in [-0.25, -0.2) is 4.79 Å². The Kier molecular flexibility index (Phi) is 6.57. The highest BCUT2D eigenvalue weighted by Crippen LogP contribution is 2.26. The summed E-state index contributed by atoms with van der Waals surface area (Å²) in [5, 5.41) is 19.2. The van der Waals surface area contributed by atoms with E-state index in [1.54, 1.807) is 0 Å². The number of aliphatic hydroxyl groups excluding tert-OH is 2. The summed E-state index contributed by atoms with van der Waals surface area (Å²) in [7, 11) is 0. The van der Waals surface area contributed by atoms with Crippen molar-refractivity contribution < 1.29 is 29.2 Å². The predicted molar refractivity (Wildman–Crippen MR) is 94.2 cm³/mol. The molecule has 1 aliphatic carbocycles. The highest BCUT2D eigenvalue weighted by Gasteiger charge is 2.49. The summed E-state index contributed by atoms with van der Waals surface area (Å²) < 4.78 is 16.9. The molecule has 0 aromatic heterocycles. The second-order valence-corrected chi connectivity index (χ2v) is 6.40. The number of cyclic esters (lactones) is 1. The van der Waals surface area contributed by atoms with Gasteiger partial charge in [0.05, 0.1) is 19.8 Å². The van der Waals surface area contributed by atoms with E-state index in [1.165, 1.54) is 0 Å². The lowest BCUT2D eigenvalue weighted by Gasteiger charge is -2.24. The molecular weight excluding hydrogens is 336 g/mol. The van der Waals surface area contributed by atoms with Crippen LogP contribution in [0.1, 0.15) is 18.4 Å². The van der Waals surface area contributed by atoms with Gasteiger partial charge in [-0.1, -0.05) is 48.6 Å². The molecule has 3 rings (SSSR count). The molecule has 26 heavy (non-hydrogen) atoms. The number of allylic oxidation sites excluding steroid dienone is 2. The van der Waals surface area contributed by atoms with Crippen molar-refractivity contribution in [2.24, 2.45) is 0 Å². The van der Waals surface area contributed by atoms with Crippen molar-refractivity contribution in [3.05, 3.63) is 59.7 Å². The largest absolute Gasteiger partial charge is 0.455 e. The van der Waals surface area contributed by atoms with Crippen molar-refractivity contribution in [2.45, 2.75) is 43.9 Å². The molecule has 2 N–H and O–H groups in total. The molecule has 1 heterocycles. The number of carbonyl (C=O) groups excluding carboxylic acids is 1. The number of hydrogen-bond acceptors (Lipinski definition) is 6. The quantitative estimate of drug-likeness (QED) is 0.684. The van der Waals surface area contributed by atoms with Gasteiger partial charge < -0.3 is 24.4 Å². The fraction of sp³-hybridized carbons (Fsp3) is 0.450. The molecule has 4 atom stereocenters. The van der Waals surface area contributed by atoms with Crippen LogP contribution in [0.5, 0.6) is 0 Å². The molecular formula is C20H24O6. The zero-order valence-corrected chi connectivity index (χ0v) is 14.5. The summed E-state index contributed by atoms with van der Waals surface area (Å²) in [4.78, 5) is 12.2. The monoisotopic (exact) mass is 360 g/mol. The van der Waals surface area contributed by atoms with Crippen LogP contribution in [0, 0.1) is 0 Å². The van der Waals surface area contributed by atoms with Gasteiger partial charge >= 0.3 is 5.97 Å². The van der Waals surface area contributed by atoms with Crippen LogP contribution in [0.3, 0.4) is 0 Å². The van der Waals surface area contributed by atoms with E-state index in [-0.39, 0.29) is 13.2 Å². The summed E-state index contributed by atoms with van der Waals surface area (Å²) in [6.45, 7) is -0.00753. The first-order valence-electron chi connectivity index (χ1n) is 8.81. The molecule has 4 unspecified atom stereocenters. The van der Waals surface area contributed by atoms with Crippen LogP contribution in [0.15, 0.2) is 54.1 Å². The summed E-state index contributed by atoms with van der Waals surface area (Å²) in [5.74, 6) is -0.582. The Morgan fingerprint density at radius 3 is 2.65 bits per heavy atom. The zero-order valence-electron chi connectivity index (χ0n) is 14.5. The van der Waals surface area contributed by atoms with E-state index >= 15 is 0 Å². The van der Waals surface area contributed by atoms with Crippen LogP contribution >= 0.6 is 0 Å². The number of carbonyl (C=O) groups is 1. The Morgan fingerprint density at radius 2 is 1.96 bits per heavy atom. The van der Waals surface area contributed by atoms with E-state index in [2.05, 4.69) is 12.2 Å². The van der Waals surface area contributed by atoms with Gasteiger partial charge in [0.1, 0.15) is 12.2 Å². The molecule has 0 bridgehead atoms. The molecule has 0 spiro atoms. The lowest BCUT2D eigenvalue weighted by molar-refractivity contribution is -0.152. The Hall–Kier alpha value is -1.99. The average molecular weight is 360 g/mol. The first-order chi connectivity index (χ1) is 12.7. The average Bonchev–Trinajstić information content (AvgIpc) is 3.01. The van der Waals surface area contributed by atoms with Gasteiger partial charge in [-0.3, -0.25) is 0 Å². The molecule has 1 aliphatic heterocycles. The van der Waals surface area contributed by atoms with Gasteiger partial charge in [0.25, 0.3) is 0 Å². The third kappa shape index (κ3) is 4.59. The van der Waals surface area contributed by atoms with E-state index < -0.39 is 37.0 Å². The van der Waals surface area contributed by atoms with Crippen molar-refractivity contribution >= 4 is 5.97 Å². The lowest BCUT2D eigenvalue weighted by Crippen LogP contribution is -2.43. The van der Waals surface area contributed by atoms with Crippen molar-refractivity contribution in [1.29, 1.82) is 0 Å². The van der Waals surface area contributed by atoms with Gasteiger partial charge in [-0.05, 0) is 24.0 Å². The number of hydrogen-bond donors (Lipinski definition) is 2. The SMILES string of the molecule is O=C1OC(C(O)CO)C(OCc2ccccc2)C1OCC1=CCCC=C1. The number of rotatable bonds is 8. The van der Waals surface area contributed by atoms with Gasteiger partial charge in [0, 0.05) is 0 Å². The second kappa shape index (κ2) is 9.09. The molecule has 0 radical (unpaired) electrons. The third-order valence-electron chi connectivity index (χ3n) is 4.46. The molecule has 1 aromatic carbocycles. The maximum Gasteiger partial charge on any atom is 0.338 e. The summed E-state index contributed by atoms with van der Waals surface area (Å²) in [6.07, 6.45) is 4.14. The fourth-order valence-electron chi connectivity index (χ4n) is 3.05. The minimum atomic E-state index is -1.22. The van der Waals surface area contributed by atoms with Crippen LogP contribution in [-0.4, -0.2) is 53.8 Å². The second-order valence-electron chi connectivity index (χ2n) is 6.40. The minimum absolute atomic E-state index is 0.249. The van der Waals surface area contributed by atoms with E-state index in [0.717, 1.165) is 24.0 Å². The Bertz CT molecular complexity index is 654. The van der Waals surface area contributed by atoms with E-state index in [1.807, 2.05) is 36.4 Å². The smallest absolute Gasteiger partial charge is 0.338 e. The highest BCUT2D eigenvalue weighted by atomic mass is 16.6. The van der Waals surface area contributed by atoms with Crippen molar-refractivity contribution in [3.8, 4) is 0 Å². The van der Waals surface area contributed by atoms with Gasteiger partial charge in [0.2, 0.25) is 0 Å². The maximum atomic E-state index is 12.2. The van der Waals surface area contributed by atoms with Gasteiger partial charge in [0.15, 0.2) is 12.2 Å². The van der Waals surface area contributed by atoms with Crippen LogP contribution in [-0.2, 0) is 25.6 Å². The first-order valence-corrected chi connectivity index (χ1v) is 8.81. The number of aliphatic hydroxyl groups is 2. The molecule has 6 heteroatoms. The Morgan fingerprint density at radius 1 is 1.15 bits per heavy atom. The molecule has 0 saturated carbocycles. The Labute approximate surface area is 152 Å². The molecule has 1 fully saturated rings. The lowest BCUT2D eigenvalue weighted by atomic mass is 10.1. The number of ether oxygens (including phenoxy) is 3. The third-order valence-corrected chi connectivity index (χ3v) is 4.46. The molecule has 140 valence electrons. The summed E-state index contributed by atoms with van der Waals surface area (Å²) in [6, 6.07) is 9.50. The predicted octanol–water partition coefficient (Wildman–Crippen LogP) is 1.51. The van der Waals surface area contributed by atoms with Crippen molar-refractivity contribution in [1.82, 2.24) is 0 Å². The van der Waals surface area contributed by atoms with Crippen LogP contribution in [0.25, 0.3) is 0 Å². The zero-order chi connectivity index (χ0) is 18.4. The summed E-state index contributed by atoms with van der Waals surface area (Å²) >= 11 is 0. The fourth-order valence-corrected chi connectivity index (χ4v) is 3.05. The van der Waals surface area contributed by atoms with Gasteiger partial charge in [-0.2, -0.15) is 0 Å². The van der Waals surface area contributed by atoms with E-state index in [0.29, 0.717) is 0 Å². The van der Waals surface area contributed by atoms with Crippen LogP contribution in [0.2, 0.25) is 0 Å². The van der Waals surface area contributed by atoms with Gasteiger partial charge in [-0.15, -0.1) is 0 Å². The first kappa shape index (κ1) is 18.8. The molecule has 0 amide bonds. The van der Waals surface area contributed by atoms with Crippen LogP contribution in [0.4, 0.5) is 0 Å². The normalized spacial score (nSPS) is 26.5. The molecule has 6 nitrogen and oxygen atoms in total. The topological polar surface area (TPSA) is 85.2 Å². The summed E-state index contributed by atoms with van der Waals surface area (Å²) in [5.41, 5.74) is 1.93. The molecule has 2 aliphatic rings. The Balaban J connectivity index is 1.68. The maximum absolute atomic E-state index is 12.2. The van der Waals surface area contributed by atoms with E-state index in [9.17, 15) is 15.0 Å². The number of esters is 1. The van der Waals surface area contributed by atoms with Crippen molar-refractivity contribution in [3.63, 3.8) is 0 Å². The van der Waals surface area contributed by atoms with Crippen LogP contribution < -0.4 is 0 Å². The molecule has 1 saturated heterocycles. The van der Waals surface area contributed by atoms with Crippen molar-refractivity contribution in [2.75, 3.05) is 13.2 Å².